The van der Waals surface area contributed by atoms with Crippen LogP contribution < -0.4 is 0 Å². The van der Waals surface area contributed by atoms with E-state index in [9.17, 15) is 0 Å². The molecule has 0 amide bonds. The van der Waals surface area contributed by atoms with E-state index in [2.05, 4.69) is 25.3 Å². The Hall–Kier alpha value is -0.740. The van der Waals surface area contributed by atoms with Crippen LogP contribution in [0.25, 0.3) is 0 Å². The molecule has 1 rings (SSSR count). The van der Waals surface area contributed by atoms with Crippen molar-refractivity contribution >= 4 is 0 Å². The minimum absolute atomic E-state index is 0.157. The van der Waals surface area contributed by atoms with Crippen LogP contribution in [0.1, 0.15) is 26.2 Å². The van der Waals surface area contributed by atoms with Gasteiger partial charge in [-0.25, -0.2) is 0 Å². The Kier molecular flexibility index (Phi) is 3.19. The van der Waals surface area contributed by atoms with Crippen LogP contribution in [-0.2, 0) is 4.74 Å². The van der Waals surface area contributed by atoms with Crippen molar-refractivity contribution in [2.24, 2.45) is 0 Å². The monoisotopic (exact) mass is 150 g/mol. The summed E-state index contributed by atoms with van der Waals surface area (Å²) in [6.07, 6.45) is 5.58. The highest BCUT2D eigenvalue weighted by molar-refractivity contribution is 5.18. The van der Waals surface area contributed by atoms with Gasteiger partial charge in [-0.1, -0.05) is 25.3 Å². The van der Waals surface area contributed by atoms with Gasteiger partial charge in [0.25, 0.3) is 0 Å². The molecule has 1 fully saturated rings. The average molecular weight is 150 g/mol. The number of hydrogen-bond acceptors (Lipinski definition) is 1. The molecule has 0 saturated carbocycles. The molecule has 1 aliphatic heterocycles. The maximum atomic E-state index is 5.15. The third-order valence-corrected chi connectivity index (χ3v) is 1.66. The molecule has 1 heterocycles. The fraction of sp³-hybridized carbons (Fsp3) is 0.600. The van der Waals surface area contributed by atoms with Gasteiger partial charge in [-0.05, 0) is 6.42 Å². The van der Waals surface area contributed by atoms with Crippen molar-refractivity contribution in [1.82, 2.24) is 0 Å². The zero-order chi connectivity index (χ0) is 8.10. The van der Waals surface area contributed by atoms with Gasteiger partial charge >= 0.3 is 0 Å². The number of rotatable bonds is 3. The third kappa shape index (κ3) is 2.78. The van der Waals surface area contributed by atoms with Crippen molar-refractivity contribution in [2.45, 2.75) is 38.4 Å². The molecule has 0 aliphatic carbocycles. The first-order valence-electron chi connectivity index (χ1n) is 4.15. The molecule has 11 heavy (non-hydrogen) atoms. The summed E-state index contributed by atoms with van der Waals surface area (Å²) in [7, 11) is 0. The fourth-order valence-corrected chi connectivity index (χ4v) is 0.857. The summed E-state index contributed by atoms with van der Waals surface area (Å²) in [4.78, 5) is 0. The van der Waals surface area contributed by atoms with Crippen molar-refractivity contribution in [3.8, 4) is 11.8 Å². The summed E-state index contributed by atoms with van der Waals surface area (Å²) >= 11 is 0. The molecule has 0 aromatic heterocycles. The van der Waals surface area contributed by atoms with E-state index in [4.69, 9.17) is 4.74 Å². The number of epoxide rings is 1. The lowest BCUT2D eigenvalue weighted by Crippen LogP contribution is -1.83. The number of ether oxygens (including phenoxy) is 1. The van der Waals surface area contributed by atoms with E-state index in [0.29, 0.717) is 0 Å². The van der Waals surface area contributed by atoms with Gasteiger partial charge in [-0.2, -0.15) is 0 Å². The van der Waals surface area contributed by atoms with Gasteiger partial charge in [-0.15, -0.1) is 12.5 Å². The lowest BCUT2D eigenvalue weighted by Gasteiger charge is -1.82. The number of unbranched alkanes of at least 4 members (excludes halogenated alkanes) is 2. The van der Waals surface area contributed by atoms with Crippen molar-refractivity contribution in [1.29, 1.82) is 0 Å². The van der Waals surface area contributed by atoms with E-state index in [1.165, 1.54) is 12.8 Å². The van der Waals surface area contributed by atoms with Crippen molar-refractivity contribution < 1.29 is 4.74 Å². The standard InChI is InChI=1S/C10H14O/c1-3-5-6-7-8-10-9(4-2)11-10/h4,9-10H,2-3,5-6H2,1H3/t9-,10+/m0/s1. The Labute approximate surface area is 68.4 Å². The van der Waals surface area contributed by atoms with Crippen LogP contribution in [0, 0.1) is 11.8 Å². The Balaban J connectivity index is 2.09. The minimum atomic E-state index is 0.157. The maximum Gasteiger partial charge on any atom is 0.148 e. The van der Waals surface area contributed by atoms with Crippen LogP contribution in [0.4, 0.5) is 0 Å². The SMILES string of the molecule is C=C[C@@H]1O[C@@H]1C#CCCCC. The Morgan fingerprint density at radius 2 is 2.45 bits per heavy atom. The second kappa shape index (κ2) is 4.20. The quantitative estimate of drug-likeness (QED) is 0.260. The van der Waals surface area contributed by atoms with Crippen LogP contribution in [0.3, 0.4) is 0 Å². The molecule has 1 nitrogen and oxygen atoms in total. The summed E-state index contributed by atoms with van der Waals surface area (Å²) in [6.45, 7) is 5.79. The zero-order valence-corrected chi connectivity index (χ0v) is 6.97. The predicted molar refractivity (Wildman–Crippen MR) is 46.2 cm³/mol. The van der Waals surface area contributed by atoms with E-state index < -0.39 is 0 Å². The third-order valence-electron chi connectivity index (χ3n) is 1.66. The average Bonchev–Trinajstić information content (AvgIpc) is 2.77. The Bertz CT molecular complexity index is 185. The van der Waals surface area contributed by atoms with Crippen LogP contribution in [0.2, 0.25) is 0 Å². The summed E-state index contributed by atoms with van der Waals surface area (Å²) < 4.78 is 5.15. The van der Waals surface area contributed by atoms with E-state index in [1.54, 1.807) is 6.08 Å². The van der Waals surface area contributed by atoms with Crippen LogP contribution >= 0.6 is 0 Å². The molecule has 1 saturated heterocycles. The minimum Gasteiger partial charge on any atom is -0.351 e. The molecule has 0 spiro atoms. The molecular weight excluding hydrogens is 136 g/mol. The van der Waals surface area contributed by atoms with E-state index in [-0.39, 0.29) is 12.2 Å². The highest BCUT2D eigenvalue weighted by Gasteiger charge is 2.33. The van der Waals surface area contributed by atoms with Gasteiger partial charge in [0.2, 0.25) is 0 Å². The molecule has 1 heteroatoms. The van der Waals surface area contributed by atoms with Gasteiger partial charge in [-0.3, -0.25) is 0 Å². The molecule has 0 bridgehead atoms. The highest BCUT2D eigenvalue weighted by Crippen LogP contribution is 2.21. The van der Waals surface area contributed by atoms with Crippen molar-refractivity contribution in [3.63, 3.8) is 0 Å². The fourth-order valence-electron chi connectivity index (χ4n) is 0.857. The van der Waals surface area contributed by atoms with Gasteiger partial charge in [0.15, 0.2) is 0 Å². The largest absolute Gasteiger partial charge is 0.351 e. The van der Waals surface area contributed by atoms with E-state index in [1.807, 2.05) is 0 Å². The summed E-state index contributed by atoms with van der Waals surface area (Å²) in [5, 5.41) is 0. The lowest BCUT2D eigenvalue weighted by molar-refractivity contribution is 0.417. The zero-order valence-electron chi connectivity index (χ0n) is 6.97. The van der Waals surface area contributed by atoms with E-state index >= 15 is 0 Å². The van der Waals surface area contributed by atoms with Gasteiger partial charge < -0.3 is 4.74 Å². The first-order valence-corrected chi connectivity index (χ1v) is 4.15. The van der Waals surface area contributed by atoms with Gasteiger partial charge in [0.05, 0.1) is 0 Å². The van der Waals surface area contributed by atoms with E-state index in [0.717, 1.165) is 6.42 Å². The van der Waals surface area contributed by atoms with Crippen LogP contribution in [-0.4, -0.2) is 12.2 Å². The molecule has 0 N–H and O–H groups in total. The Morgan fingerprint density at radius 3 is 3.00 bits per heavy atom. The number of hydrogen-bond donors (Lipinski definition) is 0. The second-order valence-electron chi connectivity index (χ2n) is 2.68. The first-order chi connectivity index (χ1) is 5.38. The molecule has 0 unspecified atom stereocenters. The molecule has 0 aromatic rings. The topological polar surface area (TPSA) is 12.5 Å². The van der Waals surface area contributed by atoms with Crippen molar-refractivity contribution in [2.75, 3.05) is 0 Å². The predicted octanol–water partition coefficient (Wildman–Crippen LogP) is 2.13. The lowest BCUT2D eigenvalue weighted by atomic mass is 10.2. The van der Waals surface area contributed by atoms with Crippen LogP contribution in [0.15, 0.2) is 12.7 Å². The molecule has 1 aliphatic rings. The van der Waals surface area contributed by atoms with Crippen molar-refractivity contribution in [3.05, 3.63) is 12.7 Å². The smallest absolute Gasteiger partial charge is 0.148 e. The summed E-state index contributed by atoms with van der Waals surface area (Å²) in [5.41, 5.74) is 0. The molecule has 2 atom stereocenters. The first kappa shape index (κ1) is 8.36. The molecule has 0 aromatic carbocycles. The van der Waals surface area contributed by atoms with Gasteiger partial charge in [0.1, 0.15) is 12.2 Å². The van der Waals surface area contributed by atoms with Crippen LogP contribution in [0.5, 0.6) is 0 Å². The highest BCUT2D eigenvalue weighted by atomic mass is 16.6. The van der Waals surface area contributed by atoms with Gasteiger partial charge in [0, 0.05) is 6.42 Å². The Morgan fingerprint density at radius 1 is 1.64 bits per heavy atom. The molecular formula is C10H14O. The maximum absolute atomic E-state index is 5.15. The summed E-state index contributed by atoms with van der Waals surface area (Å²) in [6, 6.07) is 0. The molecule has 60 valence electrons. The summed E-state index contributed by atoms with van der Waals surface area (Å²) in [5.74, 6) is 6.14. The second-order valence-corrected chi connectivity index (χ2v) is 2.68. The molecule has 0 radical (unpaired) electrons. The normalized spacial score (nSPS) is 27.0.